The molecule has 0 rings (SSSR count). The molecule has 8 nitrogen and oxygen atoms in total. The summed E-state index contributed by atoms with van der Waals surface area (Å²) in [6.45, 7) is 2.73. The number of rotatable bonds is 13. The number of hydrogen-bond donors (Lipinski definition) is 3. The first-order chi connectivity index (χ1) is 12.3. The van der Waals surface area contributed by atoms with E-state index in [-0.39, 0.29) is 19.2 Å². The lowest BCUT2D eigenvalue weighted by atomic mass is 9.89. The molecule has 0 aromatic heterocycles. The van der Waals surface area contributed by atoms with E-state index in [0.29, 0.717) is 5.75 Å². The predicted octanol–water partition coefficient (Wildman–Crippen LogP) is 1.15. The highest BCUT2D eigenvalue weighted by atomic mass is 33.1. The topological polar surface area (TPSA) is 117 Å². The normalized spacial score (nSPS) is 14.0. The number of thiol groups is 1. The molecule has 26 heavy (non-hydrogen) atoms. The maximum atomic E-state index is 11.8. The number of nitrogens with one attached hydrogen (secondary N) is 1. The van der Waals surface area contributed by atoms with Crippen molar-refractivity contribution in [3.8, 4) is 0 Å². The Morgan fingerprint density at radius 1 is 1.23 bits per heavy atom. The molecule has 1 unspecified atom stereocenters. The van der Waals surface area contributed by atoms with Gasteiger partial charge in [-0.1, -0.05) is 21.6 Å². The van der Waals surface area contributed by atoms with Gasteiger partial charge in [0, 0.05) is 30.3 Å². The molecule has 0 spiro atoms. The third kappa shape index (κ3) is 13.5. The monoisotopic (exact) mass is 424 g/mol. The maximum absolute atomic E-state index is 11.8. The van der Waals surface area contributed by atoms with Gasteiger partial charge in [-0.25, -0.2) is 4.79 Å². The van der Waals surface area contributed by atoms with E-state index in [2.05, 4.69) is 27.4 Å². The van der Waals surface area contributed by atoms with Crippen molar-refractivity contribution in [3.63, 3.8) is 0 Å². The Labute approximate surface area is 168 Å². The van der Waals surface area contributed by atoms with Crippen LogP contribution in [-0.2, 0) is 23.8 Å². The van der Waals surface area contributed by atoms with Crippen LogP contribution < -0.4 is 11.1 Å². The van der Waals surface area contributed by atoms with Gasteiger partial charge in [-0.15, -0.1) is 0 Å². The predicted molar refractivity (Wildman–Crippen MR) is 108 cm³/mol. The van der Waals surface area contributed by atoms with Gasteiger partial charge in [0.2, 0.25) is 12.2 Å². The Kier molecular flexibility index (Phi) is 14.9. The third-order valence-electron chi connectivity index (χ3n) is 2.68. The third-order valence-corrected chi connectivity index (χ3v) is 5.48. The van der Waals surface area contributed by atoms with Gasteiger partial charge in [0.05, 0.1) is 14.5 Å². The van der Waals surface area contributed by atoms with Gasteiger partial charge in [0.25, 0.3) is 0 Å². The fraction of sp³-hybridized carbons (Fsp3) is 0.786. The second-order valence-electron chi connectivity index (χ2n) is 5.02. The molecule has 148 valence electrons. The number of hydrogen-bond acceptors (Lipinski definition) is 10. The minimum Gasteiger partial charge on any atom is -0.435 e. The highest BCUT2D eigenvalue weighted by Gasteiger charge is 2.17. The van der Waals surface area contributed by atoms with E-state index in [1.165, 1.54) is 28.5 Å². The highest BCUT2D eigenvalue weighted by Crippen LogP contribution is 2.25. The van der Waals surface area contributed by atoms with E-state index in [1.54, 1.807) is 6.92 Å². The Morgan fingerprint density at radius 2 is 1.88 bits per heavy atom. The van der Waals surface area contributed by atoms with Crippen LogP contribution in [0.25, 0.3) is 0 Å². The molecule has 0 aliphatic rings. The summed E-state index contributed by atoms with van der Waals surface area (Å²) < 4.78 is 14.0. The van der Waals surface area contributed by atoms with Crippen molar-refractivity contribution in [1.29, 1.82) is 0 Å². The number of carbonyl (C=O) groups is 3. The number of amides is 1. The van der Waals surface area contributed by atoms with E-state index >= 15 is 0 Å². The second-order valence-corrected chi connectivity index (χ2v) is 8.02. The summed E-state index contributed by atoms with van der Waals surface area (Å²) in [6, 6.07) is 0.0589. The van der Waals surface area contributed by atoms with E-state index in [0.717, 1.165) is 17.9 Å². The second kappa shape index (κ2) is 15.4. The lowest BCUT2D eigenvalue weighted by Gasteiger charge is -2.15. The van der Waals surface area contributed by atoms with Gasteiger partial charge in [-0.2, -0.15) is 12.6 Å². The quantitative estimate of drug-likeness (QED) is 0.1000. The molecule has 0 aliphatic heterocycles. The van der Waals surface area contributed by atoms with Gasteiger partial charge >= 0.3 is 12.1 Å². The highest BCUT2D eigenvalue weighted by molar-refractivity contribution is 8.76. The first-order valence-electron chi connectivity index (χ1n) is 7.97. The Morgan fingerprint density at radius 3 is 2.50 bits per heavy atom. The fourth-order valence-electron chi connectivity index (χ4n) is 1.41. The van der Waals surface area contributed by atoms with Crippen molar-refractivity contribution in [2.45, 2.75) is 38.4 Å². The molecule has 0 bridgehead atoms. The molecule has 0 fully saturated rings. The summed E-state index contributed by atoms with van der Waals surface area (Å²) in [5.41, 5.74) is 5.84. The van der Waals surface area contributed by atoms with Crippen LogP contribution in [0.3, 0.4) is 0 Å². The van der Waals surface area contributed by atoms with Crippen LogP contribution in [0.5, 0.6) is 0 Å². The average molecular weight is 424 g/mol. The summed E-state index contributed by atoms with van der Waals surface area (Å²) in [5.74, 6) is -0.162. The summed E-state index contributed by atoms with van der Waals surface area (Å²) in [7, 11) is 8.73. The van der Waals surface area contributed by atoms with Crippen LogP contribution in [0.1, 0.15) is 20.3 Å². The SMILES string of the molecule is [B][C@H](CSSC[C@@H](N)CCS)C(=O)NCC(=O)OC(C)OC(=O)OCC. The first-order valence-corrected chi connectivity index (χ1v) is 11.1. The van der Waals surface area contributed by atoms with Gasteiger partial charge in [0.15, 0.2) is 0 Å². The molecule has 0 aromatic rings. The van der Waals surface area contributed by atoms with Crippen molar-refractivity contribution in [2.75, 3.05) is 30.4 Å². The summed E-state index contributed by atoms with van der Waals surface area (Å²) in [6.07, 6.45) is -1.24. The number of esters is 1. The lowest BCUT2D eigenvalue weighted by Crippen LogP contribution is -2.35. The Bertz CT molecular complexity index is 447. The van der Waals surface area contributed by atoms with Crippen molar-refractivity contribution in [3.05, 3.63) is 0 Å². The maximum Gasteiger partial charge on any atom is 0.511 e. The van der Waals surface area contributed by atoms with Crippen molar-refractivity contribution in [1.82, 2.24) is 5.32 Å². The largest absolute Gasteiger partial charge is 0.511 e. The summed E-state index contributed by atoms with van der Waals surface area (Å²) >= 11 is 4.11. The van der Waals surface area contributed by atoms with E-state index in [9.17, 15) is 14.4 Å². The van der Waals surface area contributed by atoms with Gasteiger partial charge in [0.1, 0.15) is 6.54 Å². The molecule has 0 aliphatic carbocycles. The molecule has 2 radical (unpaired) electrons. The number of carbonyl (C=O) groups excluding carboxylic acids is 3. The zero-order valence-corrected chi connectivity index (χ0v) is 17.4. The van der Waals surface area contributed by atoms with Gasteiger partial charge in [-0.3, -0.25) is 9.59 Å². The first kappa shape index (κ1) is 25.3. The van der Waals surface area contributed by atoms with Gasteiger partial charge < -0.3 is 25.3 Å². The van der Waals surface area contributed by atoms with Crippen LogP contribution in [0.4, 0.5) is 4.79 Å². The molecule has 3 atom stereocenters. The van der Waals surface area contributed by atoms with E-state index in [4.69, 9.17) is 18.3 Å². The van der Waals surface area contributed by atoms with Crippen molar-refractivity contribution < 1.29 is 28.6 Å². The smallest absolute Gasteiger partial charge is 0.435 e. The fourth-order valence-corrected chi connectivity index (χ4v) is 4.12. The molecule has 12 heteroatoms. The molecule has 0 aromatic carbocycles. The molecule has 3 N–H and O–H groups in total. The number of ether oxygens (including phenoxy) is 3. The van der Waals surface area contributed by atoms with Crippen molar-refractivity contribution >= 4 is 60.1 Å². The average Bonchev–Trinajstić information content (AvgIpc) is 2.56. The molecule has 0 saturated heterocycles. The van der Waals surface area contributed by atoms with E-state index in [1.807, 2.05) is 0 Å². The minimum absolute atomic E-state index is 0.0589. The Balaban J connectivity index is 3.90. The standard InChI is InChI=1S/C14H25BN2O6S3/c1-3-21-14(20)23-9(2)22-12(18)6-17-13(19)11(15)8-26-25-7-10(16)4-5-24/h9-11,24H,3-8,16H2,1-2H3,(H,17,19)/t9?,10-,11+/m0/s1. The molecule has 0 saturated carbocycles. The van der Waals surface area contributed by atoms with Crippen LogP contribution in [0.15, 0.2) is 0 Å². The van der Waals surface area contributed by atoms with E-state index < -0.39 is 30.1 Å². The van der Waals surface area contributed by atoms with Crippen molar-refractivity contribution in [2.24, 2.45) is 5.73 Å². The van der Waals surface area contributed by atoms with Crippen LogP contribution in [-0.4, -0.2) is 68.6 Å². The lowest BCUT2D eigenvalue weighted by molar-refractivity contribution is -0.167. The van der Waals surface area contributed by atoms with Crippen LogP contribution in [0, 0.1) is 0 Å². The summed E-state index contributed by atoms with van der Waals surface area (Å²) in [4.78, 5) is 34.5. The van der Waals surface area contributed by atoms with Crippen LogP contribution in [0.2, 0.25) is 5.82 Å². The molecular formula is C14H25BN2O6S3. The minimum atomic E-state index is -1.12. The zero-order chi connectivity index (χ0) is 19.9. The summed E-state index contributed by atoms with van der Waals surface area (Å²) in [5, 5.41) is 2.37. The zero-order valence-electron chi connectivity index (χ0n) is 14.8. The molecule has 1 amide bonds. The molecular weight excluding hydrogens is 399 g/mol. The Hall–Kier alpha value is -0.715. The van der Waals surface area contributed by atoms with Crippen LogP contribution >= 0.6 is 34.2 Å². The molecule has 0 heterocycles. The van der Waals surface area contributed by atoms with Gasteiger partial charge in [-0.05, 0) is 19.1 Å². The number of nitrogens with two attached hydrogens (primary N) is 1.